The highest BCUT2D eigenvalue weighted by atomic mass is 32.2. The number of nitrogens with zero attached hydrogens (tertiary/aromatic N) is 5. The summed E-state index contributed by atoms with van der Waals surface area (Å²) in [5.41, 5.74) is 11.4. The fourth-order valence-electron chi connectivity index (χ4n) is 5.61. The molecule has 0 saturated carbocycles. The summed E-state index contributed by atoms with van der Waals surface area (Å²) in [6.07, 6.45) is 12.2. The number of ketones is 1. The number of nitrogens with two attached hydrogens (primary N) is 1. The number of allylic oxidation sites excluding steroid dienone is 1. The SMILES string of the molecule is C/C=C/C(=O)N1CCCC1(SC)c1nc(-c2ccc(C(=O)c3cc(C(C)(C)C)ccn3)c(C)c2)c2c(N)nccn12. The van der Waals surface area contributed by atoms with Crippen LogP contribution in [0.4, 0.5) is 5.82 Å². The number of amides is 1. The number of fused-ring (bicyclic) bond motifs is 1. The maximum absolute atomic E-state index is 13.5. The van der Waals surface area contributed by atoms with Gasteiger partial charge in [0.25, 0.3) is 0 Å². The summed E-state index contributed by atoms with van der Waals surface area (Å²) < 4.78 is 1.96. The van der Waals surface area contributed by atoms with E-state index in [9.17, 15) is 9.59 Å². The van der Waals surface area contributed by atoms with Gasteiger partial charge in [0, 0.05) is 36.3 Å². The molecular formula is C32H36N6O2S. The summed E-state index contributed by atoms with van der Waals surface area (Å²) in [7, 11) is 0. The normalized spacial score (nSPS) is 17.6. The molecule has 0 radical (unpaired) electrons. The average Bonchev–Trinajstić information content (AvgIpc) is 3.56. The maximum Gasteiger partial charge on any atom is 0.247 e. The first kappa shape index (κ1) is 28.5. The molecule has 1 fully saturated rings. The zero-order valence-corrected chi connectivity index (χ0v) is 25.2. The summed E-state index contributed by atoms with van der Waals surface area (Å²) >= 11 is 1.61. The Bertz CT molecular complexity index is 1690. The van der Waals surface area contributed by atoms with Gasteiger partial charge in [0.2, 0.25) is 11.7 Å². The summed E-state index contributed by atoms with van der Waals surface area (Å²) in [5, 5.41) is 0. The Kier molecular flexibility index (Phi) is 7.50. The Morgan fingerprint density at radius 3 is 2.59 bits per heavy atom. The van der Waals surface area contributed by atoms with E-state index in [0.717, 1.165) is 35.4 Å². The molecule has 0 aliphatic carbocycles. The molecule has 1 atom stereocenters. The van der Waals surface area contributed by atoms with E-state index in [-0.39, 0.29) is 17.1 Å². The molecule has 41 heavy (non-hydrogen) atoms. The molecule has 0 bridgehead atoms. The van der Waals surface area contributed by atoms with Gasteiger partial charge in [0.15, 0.2) is 5.82 Å². The molecule has 1 unspecified atom stereocenters. The lowest BCUT2D eigenvalue weighted by molar-refractivity contribution is -0.127. The molecule has 5 rings (SSSR count). The van der Waals surface area contributed by atoms with E-state index in [1.54, 1.807) is 36.3 Å². The molecule has 3 aromatic heterocycles. The molecule has 1 saturated heterocycles. The highest BCUT2D eigenvalue weighted by Crippen LogP contribution is 2.48. The number of imidazole rings is 1. The van der Waals surface area contributed by atoms with Crippen molar-refractivity contribution in [3.05, 3.63) is 89.3 Å². The molecule has 1 aliphatic rings. The standard InChI is InChI=1S/C32H36N6O2S/c1-7-9-25(39)38-16-8-13-32(38,41-6)30-36-26(27-29(33)35-15-17-37(27)30)21-10-11-23(20(2)18-21)28(40)24-19-22(12-14-34-24)31(3,4)5/h7,9-12,14-15,17-19H,8,13,16H2,1-6H3,(H2,33,35)/b9-7+. The van der Waals surface area contributed by atoms with Gasteiger partial charge in [-0.2, -0.15) is 0 Å². The van der Waals surface area contributed by atoms with E-state index in [1.807, 2.05) is 65.9 Å². The molecular weight excluding hydrogens is 532 g/mol. The number of nitrogen functional groups attached to an aromatic ring is 1. The number of aromatic nitrogens is 4. The minimum Gasteiger partial charge on any atom is -0.382 e. The van der Waals surface area contributed by atoms with Gasteiger partial charge in [-0.25, -0.2) is 9.97 Å². The number of rotatable bonds is 6. The summed E-state index contributed by atoms with van der Waals surface area (Å²) in [6, 6.07) is 9.52. The number of aryl methyl sites for hydroxylation is 1. The van der Waals surface area contributed by atoms with E-state index < -0.39 is 4.87 Å². The van der Waals surface area contributed by atoms with Crippen LogP contribution in [0.2, 0.25) is 0 Å². The largest absolute Gasteiger partial charge is 0.382 e. The summed E-state index contributed by atoms with van der Waals surface area (Å²) in [4.78, 5) is 41.8. The second kappa shape index (κ2) is 10.8. The first-order valence-electron chi connectivity index (χ1n) is 13.8. The van der Waals surface area contributed by atoms with Crippen LogP contribution in [0.1, 0.15) is 73.5 Å². The van der Waals surface area contributed by atoms with E-state index in [0.29, 0.717) is 34.8 Å². The Labute approximate surface area is 245 Å². The number of hydrogen-bond donors (Lipinski definition) is 1. The van der Waals surface area contributed by atoms with Gasteiger partial charge < -0.3 is 10.6 Å². The highest BCUT2D eigenvalue weighted by Gasteiger charge is 2.47. The molecule has 0 spiro atoms. The van der Waals surface area contributed by atoms with Gasteiger partial charge in [0.05, 0.1) is 0 Å². The quantitative estimate of drug-likeness (QED) is 0.227. The zero-order valence-electron chi connectivity index (χ0n) is 24.4. The highest BCUT2D eigenvalue weighted by molar-refractivity contribution is 7.99. The maximum atomic E-state index is 13.5. The lowest BCUT2D eigenvalue weighted by atomic mass is 9.86. The number of carbonyl (C=O) groups is 2. The first-order valence-corrected chi connectivity index (χ1v) is 15.0. The number of carbonyl (C=O) groups excluding carboxylic acids is 2. The Balaban J connectivity index is 1.61. The van der Waals surface area contributed by atoms with Crippen molar-refractivity contribution in [2.45, 2.75) is 57.7 Å². The molecule has 8 nitrogen and oxygen atoms in total. The summed E-state index contributed by atoms with van der Waals surface area (Å²) in [6.45, 7) is 10.8. The number of likely N-dealkylation sites (tertiary alicyclic amines) is 1. The van der Waals surface area contributed by atoms with Crippen molar-refractivity contribution in [1.82, 2.24) is 24.3 Å². The number of anilines is 1. The molecule has 9 heteroatoms. The van der Waals surface area contributed by atoms with Crippen LogP contribution in [-0.4, -0.2) is 48.7 Å². The third kappa shape index (κ3) is 4.92. The smallest absolute Gasteiger partial charge is 0.247 e. The molecule has 2 N–H and O–H groups in total. The monoisotopic (exact) mass is 568 g/mol. The fraction of sp³-hybridized carbons (Fsp3) is 0.344. The third-order valence-corrected chi connectivity index (χ3v) is 9.06. The lowest BCUT2D eigenvalue weighted by Crippen LogP contribution is -2.43. The molecule has 4 heterocycles. The van der Waals surface area contributed by atoms with Crippen molar-refractivity contribution >= 4 is 34.8 Å². The van der Waals surface area contributed by atoms with Crippen molar-refractivity contribution in [1.29, 1.82) is 0 Å². The van der Waals surface area contributed by atoms with Crippen LogP contribution in [0, 0.1) is 6.92 Å². The predicted octanol–water partition coefficient (Wildman–Crippen LogP) is 5.92. The van der Waals surface area contributed by atoms with Crippen LogP contribution < -0.4 is 5.73 Å². The Morgan fingerprint density at radius 1 is 1.12 bits per heavy atom. The van der Waals surface area contributed by atoms with E-state index in [1.165, 1.54) is 0 Å². The number of benzene rings is 1. The number of thioether (sulfide) groups is 1. The van der Waals surface area contributed by atoms with Crippen LogP contribution in [0.25, 0.3) is 16.8 Å². The van der Waals surface area contributed by atoms with Gasteiger partial charge in [-0.1, -0.05) is 39.0 Å². The second-order valence-electron chi connectivity index (χ2n) is 11.4. The fourth-order valence-corrected chi connectivity index (χ4v) is 6.69. The summed E-state index contributed by atoms with van der Waals surface area (Å²) in [5.74, 6) is 0.924. The van der Waals surface area contributed by atoms with Crippen molar-refractivity contribution in [2.24, 2.45) is 0 Å². The van der Waals surface area contributed by atoms with Gasteiger partial charge in [-0.15, -0.1) is 11.8 Å². The van der Waals surface area contributed by atoms with Gasteiger partial charge >= 0.3 is 0 Å². The van der Waals surface area contributed by atoms with Crippen molar-refractivity contribution in [3.63, 3.8) is 0 Å². The van der Waals surface area contributed by atoms with Gasteiger partial charge in [-0.3, -0.25) is 19.0 Å². The van der Waals surface area contributed by atoms with Crippen LogP contribution in [0.3, 0.4) is 0 Å². The second-order valence-corrected chi connectivity index (χ2v) is 12.5. The van der Waals surface area contributed by atoms with E-state index >= 15 is 0 Å². The van der Waals surface area contributed by atoms with Crippen LogP contribution >= 0.6 is 11.8 Å². The number of hydrogen-bond acceptors (Lipinski definition) is 7. The van der Waals surface area contributed by atoms with Gasteiger partial charge in [-0.05, 0) is 73.8 Å². The Hall–Kier alpha value is -3.98. The van der Waals surface area contributed by atoms with E-state index in [4.69, 9.17) is 10.7 Å². The molecule has 4 aromatic rings. The number of pyridine rings is 1. The first-order chi connectivity index (χ1) is 19.5. The average molecular weight is 569 g/mol. The van der Waals surface area contributed by atoms with Gasteiger partial charge in [0.1, 0.15) is 27.6 Å². The Morgan fingerprint density at radius 2 is 1.90 bits per heavy atom. The molecule has 1 aromatic carbocycles. The minimum atomic E-state index is -0.653. The lowest BCUT2D eigenvalue weighted by Gasteiger charge is -2.35. The van der Waals surface area contributed by atoms with Crippen molar-refractivity contribution in [3.8, 4) is 11.3 Å². The predicted molar refractivity (Wildman–Crippen MR) is 165 cm³/mol. The van der Waals surface area contributed by atoms with Crippen LogP contribution in [0.15, 0.2) is 61.1 Å². The minimum absolute atomic E-state index is 0.0393. The molecule has 1 aliphatic heterocycles. The van der Waals surface area contributed by atoms with Crippen LogP contribution in [-0.2, 0) is 15.1 Å². The topological polar surface area (TPSA) is 106 Å². The molecule has 1 amide bonds. The third-order valence-electron chi connectivity index (χ3n) is 7.78. The van der Waals surface area contributed by atoms with E-state index in [2.05, 4.69) is 30.7 Å². The zero-order chi connectivity index (χ0) is 29.5. The molecule has 212 valence electrons. The van der Waals surface area contributed by atoms with Crippen molar-refractivity contribution in [2.75, 3.05) is 18.5 Å². The van der Waals surface area contributed by atoms with Crippen LogP contribution in [0.5, 0.6) is 0 Å². The van der Waals surface area contributed by atoms with Crippen molar-refractivity contribution < 1.29 is 9.59 Å².